The van der Waals surface area contributed by atoms with E-state index in [2.05, 4.69) is 16.3 Å². The maximum atomic E-state index is 12.0. The standard InChI is InChI=1S/C31H33Cl3N2O5/c32-31(33,34)30(39)35-16-21-3-1-4-23(13-21)24-5-2-6-25(14-24)29-40-27(18-36-12-11-26(38)17-36)15-28(41-29)22-9-7-20(19-37)8-10-22/h1-10,13-14,26-29,37-38H,11-12,15-19H2,(H,35,39). The van der Waals surface area contributed by atoms with Crippen molar-refractivity contribution in [3.63, 3.8) is 0 Å². The first-order chi connectivity index (χ1) is 19.7. The summed E-state index contributed by atoms with van der Waals surface area (Å²) >= 11 is 17.0. The van der Waals surface area contributed by atoms with Crippen LogP contribution in [0.2, 0.25) is 0 Å². The maximum absolute atomic E-state index is 12.0. The van der Waals surface area contributed by atoms with E-state index in [0.717, 1.165) is 46.3 Å². The van der Waals surface area contributed by atoms with Crippen molar-refractivity contribution in [3.8, 4) is 11.1 Å². The molecule has 2 aliphatic rings. The van der Waals surface area contributed by atoms with Gasteiger partial charge in [0, 0.05) is 38.2 Å². The average Bonchev–Trinajstić information content (AvgIpc) is 3.39. The summed E-state index contributed by atoms with van der Waals surface area (Å²) < 4.78 is 11.0. The highest BCUT2D eigenvalue weighted by molar-refractivity contribution is 6.76. The number of hydrogen-bond acceptors (Lipinski definition) is 6. The molecular formula is C31H33Cl3N2O5. The molecule has 7 nitrogen and oxygen atoms in total. The third kappa shape index (κ3) is 8.00. The molecule has 2 fully saturated rings. The molecule has 0 spiro atoms. The zero-order valence-electron chi connectivity index (χ0n) is 22.4. The van der Waals surface area contributed by atoms with Crippen LogP contribution in [0.25, 0.3) is 11.1 Å². The van der Waals surface area contributed by atoms with Crippen molar-refractivity contribution in [2.24, 2.45) is 0 Å². The summed E-state index contributed by atoms with van der Waals surface area (Å²) in [5.41, 5.74) is 5.56. The number of β-amino-alcohol motifs (C(OH)–C–C–N with tert-alkyl or cyclic N) is 1. The van der Waals surface area contributed by atoms with Crippen LogP contribution in [0.4, 0.5) is 0 Å². The first-order valence-electron chi connectivity index (χ1n) is 13.6. The van der Waals surface area contributed by atoms with Crippen LogP contribution in [0.15, 0.2) is 72.8 Å². The lowest BCUT2D eigenvalue weighted by molar-refractivity contribution is -0.252. The van der Waals surface area contributed by atoms with Gasteiger partial charge in [-0.15, -0.1) is 0 Å². The first-order valence-corrected chi connectivity index (χ1v) is 14.8. The van der Waals surface area contributed by atoms with Crippen molar-refractivity contribution in [1.82, 2.24) is 10.2 Å². The number of benzene rings is 3. The molecule has 41 heavy (non-hydrogen) atoms. The summed E-state index contributed by atoms with van der Waals surface area (Å²) in [5.74, 6) is -0.681. The second kappa shape index (κ2) is 13.4. The Bertz CT molecular complexity index is 1330. The summed E-state index contributed by atoms with van der Waals surface area (Å²) in [7, 11) is 0. The Kier molecular flexibility index (Phi) is 9.89. The Labute approximate surface area is 254 Å². The largest absolute Gasteiger partial charge is 0.392 e. The van der Waals surface area contributed by atoms with Crippen LogP contribution in [-0.4, -0.2) is 56.7 Å². The van der Waals surface area contributed by atoms with Gasteiger partial charge in [-0.25, -0.2) is 0 Å². The normalized spacial score (nSPS) is 23.4. The number of ether oxygens (including phenoxy) is 2. The Balaban J connectivity index is 1.35. The van der Waals surface area contributed by atoms with Crippen molar-refractivity contribution < 1.29 is 24.5 Å². The van der Waals surface area contributed by atoms with E-state index in [4.69, 9.17) is 44.3 Å². The number of rotatable bonds is 8. The predicted octanol–water partition coefficient (Wildman–Crippen LogP) is 5.44. The summed E-state index contributed by atoms with van der Waals surface area (Å²) in [4.78, 5) is 14.2. The minimum absolute atomic E-state index is 0.00921. The van der Waals surface area contributed by atoms with Crippen LogP contribution in [0.5, 0.6) is 0 Å². The molecule has 0 saturated carbocycles. The minimum atomic E-state index is -2.02. The van der Waals surface area contributed by atoms with Gasteiger partial charge in [-0.2, -0.15) is 0 Å². The Hall–Kier alpha value is -2.20. The maximum Gasteiger partial charge on any atom is 0.272 e. The SMILES string of the molecule is O=C(NCc1cccc(-c2cccc(C3OC(CN4CCC(O)C4)CC(c4ccc(CO)cc4)O3)c2)c1)C(Cl)(Cl)Cl. The molecule has 0 bridgehead atoms. The second-order valence-corrected chi connectivity index (χ2v) is 12.8. The molecule has 1 amide bonds. The van der Waals surface area contributed by atoms with E-state index in [9.17, 15) is 15.0 Å². The number of halogens is 3. The molecule has 5 rings (SSSR count). The Morgan fingerprint density at radius 3 is 2.37 bits per heavy atom. The lowest BCUT2D eigenvalue weighted by atomic mass is 9.98. The number of alkyl halides is 3. The van der Waals surface area contributed by atoms with Crippen molar-refractivity contribution in [3.05, 3.63) is 95.1 Å². The van der Waals surface area contributed by atoms with Gasteiger partial charge in [0.1, 0.15) is 0 Å². The number of carbonyl (C=O) groups excluding carboxylic acids is 1. The molecule has 3 aromatic rings. The second-order valence-electron chi connectivity index (χ2n) is 10.6. The molecule has 0 aliphatic carbocycles. The number of aliphatic hydroxyl groups excluding tert-OH is 2. The molecule has 2 heterocycles. The lowest BCUT2D eigenvalue weighted by Crippen LogP contribution is -2.38. The summed E-state index contributed by atoms with van der Waals surface area (Å²) in [6.45, 7) is 2.42. The highest BCUT2D eigenvalue weighted by atomic mass is 35.6. The van der Waals surface area contributed by atoms with Crippen LogP contribution >= 0.6 is 34.8 Å². The quantitative estimate of drug-likeness (QED) is 0.291. The zero-order chi connectivity index (χ0) is 29.0. The van der Waals surface area contributed by atoms with Gasteiger partial charge in [0.25, 0.3) is 9.70 Å². The first kappa shape index (κ1) is 30.3. The fraction of sp³-hybridized carbons (Fsp3) is 0.387. The van der Waals surface area contributed by atoms with E-state index >= 15 is 0 Å². The van der Waals surface area contributed by atoms with Crippen molar-refractivity contribution in [2.75, 3.05) is 19.6 Å². The van der Waals surface area contributed by atoms with Gasteiger partial charge in [0.2, 0.25) is 0 Å². The van der Waals surface area contributed by atoms with Gasteiger partial charge in [-0.3, -0.25) is 9.69 Å². The number of hydrogen-bond donors (Lipinski definition) is 3. The molecule has 3 N–H and O–H groups in total. The van der Waals surface area contributed by atoms with E-state index in [1.807, 2.05) is 66.7 Å². The lowest BCUT2D eigenvalue weighted by Gasteiger charge is -2.38. The van der Waals surface area contributed by atoms with E-state index in [-0.39, 0.29) is 31.5 Å². The summed E-state index contributed by atoms with van der Waals surface area (Å²) in [6, 6.07) is 23.6. The van der Waals surface area contributed by atoms with Crippen LogP contribution in [0.3, 0.4) is 0 Å². The van der Waals surface area contributed by atoms with Crippen LogP contribution < -0.4 is 5.32 Å². The summed E-state index contributed by atoms with van der Waals surface area (Å²) in [6.07, 6.45) is 0.297. The third-order valence-corrected chi connectivity index (χ3v) is 7.97. The summed E-state index contributed by atoms with van der Waals surface area (Å²) in [5, 5.41) is 22.1. The van der Waals surface area contributed by atoms with Gasteiger partial charge in [0.05, 0.1) is 24.9 Å². The highest BCUT2D eigenvalue weighted by Gasteiger charge is 2.34. The molecule has 2 aliphatic heterocycles. The van der Waals surface area contributed by atoms with E-state index < -0.39 is 16.0 Å². The van der Waals surface area contributed by atoms with Gasteiger partial charge in [-0.05, 0) is 46.4 Å². The molecule has 3 aromatic carbocycles. The molecule has 10 heteroatoms. The fourth-order valence-electron chi connectivity index (χ4n) is 5.31. The topological polar surface area (TPSA) is 91.3 Å². The fourth-order valence-corrected chi connectivity index (χ4v) is 5.51. The molecule has 0 aromatic heterocycles. The Morgan fingerprint density at radius 2 is 1.68 bits per heavy atom. The number of amides is 1. The zero-order valence-corrected chi connectivity index (χ0v) is 24.7. The van der Waals surface area contributed by atoms with Crippen LogP contribution in [0, 0.1) is 0 Å². The number of likely N-dealkylation sites (tertiary alicyclic amines) is 1. The average molecular weight is 620 g/mol. The monoisotopic (exact) mass is 618 g/mol. The van der Waals surface area contributed by atoms with Gasteiger partial charge in [-0.1, -0.05) is 95.5 Å². The number of nitrogens with zero attached hydrogens (tertiary/aromatic N) is 1. The number of aliphatic hydroxyl groups is 2. The molecule has 2 saturated heterocycles. The van der Waals surface area contributed by atoms with Gasteiger partial charge >= 0.3 is 0 Å². The van der Waals surface area contributed by atoms with E-state index in [1.165, 1.54) is 0 Å². The number of carbonyl (C=O) groups is 1. The van der Waals surface area contributed by atoms with E-state index in [0.29, 0.717) is 19.5 Å². The van der Waals surface area contributed by atoms with Crippen LogP contribution in [-0.2, 0) is 27.4 Å². The third-order valence-electron chi connectivity index (χ3n) is 7.45. The minimum Gasteiger partial charge on any atom is -0.392 e. The van der Waals surface area contributed by atoms with Crippen molar-refractivity contribution in [2.45, 2.75) is 54.4 Å². The van der Waals surface area contributed by atoms with Crippen molar-refractivity contribution >= 4 is 40.7 Å². The highest BCUT2D eigenvalue weighted by Crippen LogP contribution is 2.39. The van der Waals surface area contributed by atoms with Crippen molar-refractivity contribution in [1.29, 1.82) is 0 Å². The van der Waals surface area contributed by atoms with E-state index in [1.54, 1.807) is 0 Å². The van der Waals surface area contributed by atoms with Gasteiger partial charge in [0.15, 0.2) is 6.29 Å². The molecule has 4 atom stereocenters. The molecule has 0 radical (unpaired) electrons. The predicted molar refractivity (Wildman–Crippen MR) is 160 cm³/mol. The Morgan fingerprint density at radius 1 is 0.951 bits per heavy atom. The van der Waals surface area contributed by atoms with Gasteiger partial charge < -0.3 is 25.0 Å². The smallest absolute Gasteiger partial charge is 0.272 e. The number of nitrogens with one attached hydrogen (secondary N) is 1. The molecular weight excluding hydrogens is 587 g/mol. The van der Waals surface area contributed by atoms with Crippen LogP contribution in [0.1, 0.15) is 47.5 Å². The molecule has 218 valence electrons. The molecule has 4 unspecified atom stereocenters.